The number of aryl methyl sites for hydroxylation is 1. The van der Waals surface area contributed by atoms with Gasteiger partial charge in [-0.3, -0.25) is 9.69 Å². The van der Waals surface area contributed by atoms with E-state index in [0.29, 0.717) is 23.8 Å². The topological polar surface area (TPSA) is 32.8 Å². The lowest BCUT2D eigenvalue weighted by Crippen LogP contribution is -2.47. The Bertz CT molecular complexity index is 581. The van der Waals surface area contributed by atoms with E-state index in [1.54, 1.807) is 0 Å². The van der Waals surface area contributed by atoms with E-state index in [1.807, 2.05) is 11.3 Å². The number of nitrogens with zero attached hydrogens (tertiary/aromatic N) is 2. The maximum Gasteiger partial charge on any atom is 0.226 e. The third-order valence-electron chi connectivity index (χ3n) is 5.63. The normalized spacial score (nSPS) is 34.8. The van der Waals surface area contributed by atoms with Gasteiger partial charge in [-0.05, 0) is 31.4 Å². The Morgan fingerprint density at radius 2 is 2.04 bits per heavy atom. The molecule has 4 atom stereocenters. The van der Waals surface area contributed by atoms with E-state index in [2.05, 4.69) is 35.8 Å². The maximum atomic E-state index is 12.9. The minimum atomic E-state index is 0.240. The van der Waals surface area contributed by atoms with Crippen molar-refractivity contribution in [2.24, 2.45) is 11.8 Å². The largest absolute Gasteiger partial charge is 0.379 e. The fourth-order valence-electron chi connectivity index (χ4n) is 4.18. The predicted molar refractivity (Wildman–Crippen MR) is 91.8 cm³/mol. The number of morpholine rings is 1. The van der Waals surface area contributed by atoms with Crippen molar-refractivity contribution in [3.63, 3.8) is 0 Å². The lowest BCUT2D eigenvalue weighted by atomic mass is 10.0. The van der Waals surface area contributed by atoms with Crippen LogP contribution in [0.25, 0.3) is 0 Å². The first-order valence-corrected chi connectivity index (χ1v) is 9.62. The van der Waals surface area contributed by atoms with Gasteiger partial charge in [0.2, 0.25) is 5.91 Å². The molecule has 2 aliphatic heterocycles. The Labute approximate surface area is 142 Å². The van der Waals surface area contributed by atoms with Crippen LogP contribution in [0.1, 0.15) is 29.0 Å². The zero-order valence-electron chi connectivity index (χ0n) is 14.0. The Kier molecular flexibility index (Phi) is 4.20. The number of carbonyl (C=O) groups excluding carboxylic acids is 1. The van der Waals surface area contributed by atoms with E-state index in [-0.39, 0.29) is 5.92 Å². The Hall–Kier alpha value is -0.910. The van der Waals surface area contributed by atoms with E-state index >= 15 is 0 Å². The standard InChI is InChI=1S/C18H26N2O2S/c1-12-10-20(11-16(12)19-5-7-22-8-6-19)18(21)15-9-14(15)17-4-3-13(2)23-17/h3-4,12,14-16H,5-11H2,1-2H3/t12-,14-,15+,16+/m1/s1. The van der Waals surface area contributed by atoms with Gasteiger partial charge in [-0.25, -0.2) is 0 Å². The van der Waals surface area contributed by atoms with Crippen LogP contribution in [-0.4, -0.2) is 61.1 Å². The van der Waals surface area contributed by atoms with Gasteiger partial charge in [0, 0.05) is 53.8 Å². The molecule has 0 bridgehead atoms. The van der Waals surface area contributed by atoms with Gasteiger partial charge in [0.15, 0.2) is 0 Å². The van der Waals surface area contributed by atoms with E-state index in [1.165, 1.54) is 9.75 Å². The average Bonchev–Trinajstić information content (AvgIpc) is 3.09. The highest BCUT2D eigenvalue weighted by atomic mass is 32.1. The first-order chi connectivity index (χ1) is 11.1. The van der Waals surface area contributed by atoms with Crippen LogP contribution in [0.5, 0.6) is 0 Å². The van der Waals surface area contributed by atoms with E-state index in [4.69, 9.17) is 4.74 Å². The van der Waals surface area contributed by atoms with Gasteiger partial charge in [-0.15, -0.1) is 11.3 Å². The van der Waals surface area contributed by atoms with Crippen molar-refractivity contribution in [2.45, 2.75) is 32.2 Å². The van der Waals surface area contributed by atoms with Crippen LogP contribution in [0.4, 0.5) is 0 Å². The highest BCUT2D eigenvalue weighted by Crippen LogP contribution is 2.51. The van der Waals surface area contributed by atoms with Crippen molar-refractivity contribution < 1.29 is 9.53 Å². The Balaban J connectivity index is 1.36. The minimum absolute atomic E-state index is 0.240. The molecule has 23 heavy (non-hydrogen) atoms. The van der Waals surface area contributed by atoms with Gasteiger partial charge >= 0.3 is 0 Å². The van der Waals surface area contributed by atoms with Crippen LogP contribution in [0.2, 0.25) is 0 Å². The zero-order valence-corrected chi connectivity index (χ0v) is 14.8. The van der Waals surface area contributed by atoms with Crippen LogP contribution >= 0.6 is 11.3 Å². The molecule has 0 radical (unpaired) electrons. The number of hydrogen-bond donors (Lipinski definition) is 0. The highest BCUT2D eigenvalue weighted by molar-refractivity contribution is 7.12. The Morgan fingerprint density at radius 1 is 1.26 bits per heavy atom. The van der Waals surface area contributed by atoms with Gasteiger partial charge in [0.1, 0.15) is 0 Å². The van der Waals surface area contributed by atoms with Crippen molar-refractivity contribution >= 4 is 17.2 Å². The summed E-state index contributed by atoms with van der Waals surface area (Å²) in [4.78, 5) is 20.3. The monoisotopic (exact) mass is 334 g/mol. The third-order valence-corrected chi connectivity index (χ3v) is 6.77. The summed E-state index contributed by atoms with van der Waals surface area (Å²) in [5, 5.41) is 0. The predicted octanol–water partition coefficient (Wildman–Crippen LogP) is 2.34. The fraction of sp³-hybridized carbons (Fsp3) is 0.722. The first kappa shape index (κ1) is 15.6. The van der Waals surface area contributed by atoms with Crippen LogP contribution in [0, 0.1) is 18.8 Å². The summed E-state index contributed by atoms with van der Waals surface area (Å²) in [5.74, 6) is 1.68. The molecule has 0 aromatic carbocycles. The molecule has 0 unspecified atom stereocenters. The summed E-state index contributed by atoms with van der Waals surface area (Å²) in [7, 11) is 0. The third kappa shape index (κ3) is 3.06. The fourth-order valence-corrected chi connectivity index (χ4v) is 5.24. The smallest absolute Gasteiger partial charge is 0.226 e. The van der Waals surface area contributed by atoms with Crippen molar-refractivity contribution in [1.29, 1.82) is 0 Å². The van der Waals surface area contributed by atoms with Crippen LogP contribution in [0.15, 0.2) is 12.1 Å². The summed E-state index contributed by atoms with van der Waals surface area (Å²) in [6, 6.07) is 4.90. The highest BCUT2D eigenvalue weighted by Gasteiger charge is 2.48. The molecule has 4 nitrogen and oxygen atoms in total. The summed E-state index contributed by atoms with van der Waals surface area (Å²) >= 11 is 1.85. The lowest BCUT2D eigenvalue weighted by Gasteiger charge is -2.34. The van der Waals surface area contributed by atoms with Crippen LogP contribution < -0.4 is 0 Å². The number of ether oxygens (including phenoxy) is 1. The van der Waals surface area contributed by atoms with E-state index in [9.17, 15) is 4.79 Å². The minimum Gasteiger partial charge on any atom is -0.379 e. The van der Waals surface area contributed by atoms with Gasteiger partial charge in [-0.1, -0.05) is 6.92 Å². The van der Waals surface area contributed by atoms with Gasteiger partial charge in [-0.2, -0.15) is 0 Å². The van der Waals surface area contributed by atoms with Gasteiger partial charge in [0.05, 0.1) is 13.2 Å². The summed E-state index contributed by atoms with van der Waals surface area (Å²) in [6.07, 6.45) is 1.05. The van der Waals surface area contributed by atoms with Crippen molar-refractivity contribution in [2.75, 3.05) is 39.4 Å². The molecule has 5 heteroatoms. The van der Waals surface area contributed by atoms with Gasteiger partial charge < -0.3 is 9.64 Å². The van der Waals surface area contributed by atoms with Crippen LogP contribution in [0.3, 0.4) is 0 Å². The SMILES string of the molecule is Cc1ccc([C@@H]2C[C@@H]2C(=O)N2C[C@@H](C)[C@@H](N3CCOCC3)C2)s1. The molecule has 1 amide bonds. The molecule has 1 aromatic heterocycles. The number of hydrogen-bond acceptors (Lipinski definition) is 4. The summed E-state index contributed by atoms with van der Waals surface area (Å²) in [6.45, 7) is 9.96. The molecule has 1 aliphatic carbocycles. The molecule has 3 aliphatic rings. The molecule has 3 fully saturated rings. The summed E-state index contributed by atoms with van der Waals surface area (Å²) < 4.78 is 5.46. The molecule has 4 rings (SSSR count). The Morgan fingerprint density at radius 3 is 2.74 bits per heavy atom. The molecular weight excluding hydrogens is 308 g/mol. The molecule has 2 saturated heterocycles. The second kappa shape index (κ2) is 6.19. The molecule has 1 aromatic rings. The van der Waals surface area contributed by atoms with Crippen molar-refractivity contribution in [3.8, 4) is 0 Å². The average molecular weight is 334 g/mol. The van der Waals surface area contributed by atoms with E-state index in [0.717, 1.165) is 45.8 Å². The lowest BCUT2D eigenvalue weighted by molar-refractivity contribution is -0.131. The quantitative estimate of drug-likeness (QED) is 0.851. The molecule has 1 saturated carbocycles. The maximum absolute atomic E-state index is 12.9. The molecule has 0 N–H and O–H groups in total. The molecule has 0 spiro atoms. The van der Waals surface area contributed by atoms with Crippen molar-refractivity contribution in [3.05, 3.63) is 21.9 Å². The number of thiophene rings is 1. The zero-order chi connectivity index (χ0) is 16.0. The van der Waals surface area contributed by atoms with Gasteiger partial charge in [0.25, 0.3) is 0 Å². The van der Waals surface area contributed by atoms with Crippen molar-refractivity contribution in [1.82, 2.24) is 9.80 Å². The molecule has 3 heterocycles. The number of carbonyl (C=O) groups is 1. The molecular formula is C18H26N2O2S. The second-order valence-corrected chi connectivity index (χ2v) is 8.65. The van der Waals surface area contributed by atoms with Crippen LogP contribution in [-0.2, 0) is 9.53 Å². The molecule has 126 valence electrons. The summed E-state index contributed by atoms with van der Waals surface area (Å²) in [5.41, 5.74) is 0. The second-order valence-electron chi connectivity index (χ2n) is 7.33. The van der Waals surface area contributed by atoms with E-state index < -0.39 is 0 Å². The number of likely N-dealkylation sites (tertiary alicyclic amines) is 1. The number of amides is 1. The first-order valence-electron chi connectivity index (χ1n) is 8.80. The number of rotatable bonds is 3.